The SMILES string of the molecule is CCOC(=O)C(C(=O)OCC)[C@@H]1C[C@@H](C)O[C@H]1n1cc(C)c(=O)[nH]c1=O. The smallest absolute Gasteiger partial charge is 0.330 e. The molecule has 3 atom stereocenters. The number of aromatic amines is 1. The molecule has 2 heterocycles. The first-order chi connectivity index (χ1) is 12.3. The highest BCUT2D eigenvalue weighted by atomic mass is 16.6. The van der Waals surface area contributed by atoms with Crippen molar-refractivity contribution in [1.29, 1.82) is 0 Å². The number of H-pyrrole nitrogens is 1. The Morgan fingerprint density at radius 1 is 1.27 bits per heavy atom. The number of aromatic nitrogens is 2. The lowest BCUT2D eigenvalue weighted by molar-refractivity contribution is -0.167. The predicted molar refractivity (Wildman–Crippen MR) is 90.5 cm³/mol. The molecule has 0 bridgehead atoms. The van der Waals surface area contributed by atoms with E-state index in [4.69, 9.17) is 14.2 Å². The second kappa shape index (κ2) is 8.31. The number of carbonyl (C=O) groups excluding carboxylic acids is 2. The molecule has 0 saturated carbocycles. The highest BCUT2D eigenvalue weighted by Crippen LogP contribution is 2.39. The molecule has 0 aliphatic carbocycles. The van der Waals surface area contributed by atoms with Crippen LogP contribution < -0.4 is 11.2 Å². The van der Waals surface area contributed by atoms with Gasteiger partial charge in [0.1, 0.15) is 6.23 Å². The Bertz CT molecular complexity index is 764. The Kier molecular flexibility index (Phi) is 6.36. The molecule has 0 radical (unpaired) electrons. The van der Waals surface area contributed by atoms with E-state index < -0.39 is 41.3 Å². The van der Waals surface area contributed by atoms with Crippen LogP contribution in [0.2, 0.25) is 0 Å². The summed E-state index contributed by atoms with van der Waals surface area (Å²) in [6.45, 7) is 6.84. The number of hydrogen-bond donors (Lipinski definition) is 1. The van der Waals surface area contributed by atoms with Crippen LogP contribution in [0, 0.1) is 18.8 Å². The molecule has 1 aromatic rings. The van der Waals surface area contributed by atoms with Crippen molar-refractivity contribution >= 4 is 11.9 Å². The zero-order valence-corrected chi connectivity index (χ0v) is 15.3. The van der Waals surface area contributed by atoms with E-state index in [1.807, 2.05) is 0 Å². The van der Waals surface area contributed by atoms with E-state index in [0.717, 1.165) is 0 Å². The number of rotatable bonds is 6. The van der Waals surface area contributed by atoms with E-state index in [2.05, 4.69) is 4.98 Å². The van der Waals surface area contributed by atoms with Crippen LogP contribution in [0.1, 0.15) is 39.0 Å². The molecule has 1 saturated heterocycles. The van der Waals surface area contributed by atoms with Gasteiger partial charge in [-0.3, -0.25) is 23.9 Å². The Morgan fingerprint density at radius 2 is 1.85 bits per heavy atom. The molecular weight excluding hydrogens is 344 g/mol. The lowest BCUT2D eigenvalue weighted by Gasteiger charge is -2.25. The third-order valence-corrected chi connectivity index (χ3v) is 4.27. The van der Waals surface area contributed by atoms with Crippen molar-refractivity contribution in [3.63, 3.8) is 0 Å². The summed E-state index contributed by atoms with van der Waals surface area (Å²) in [4.78, 5) is 50.9. The average Bonchev–Trinajstić information content (AvgIpc) is 2.92. The first-order valence-electron chi connectivity index (χ1n) is 8.60. The number of ether oxygens (including phenoxy) is 3. The van der Waals surface area contributed by atoms with Crippen molar-refractivity contribution < 1.29 is 23.8 Å². The maximum absolute atomic E-state index is 12.4. The van der Waals surface area contributed by atoms with Gasteiger partial charge in [-0.15, -0.1) is 0 Å². The molecule has 0 spiro atoms. The molecule has 2 rings (SSSR count). The molecule has 1 aliphatic rings. The number of carbonyl (C=O) groups is 2. The van der Waals surface area contributed by atoms with Gasteiger partial charge in [0.2, 0.25) is 0 Å². The normalized spacial score (nSPS) is 22.4. The van der Waals surface area contributed by atoms with Crippen LogP contribution in [-0.2, 0) is 23.8 Å². The molecule has 144 valence electrons. The maximum Gasteiger partial charge on any atom is 0.330 e. The molecule has 1 aromatic heterocycles. The lowest BCUT2D eigenvalue weighted by atomic mass is 9.88. The van der Waals surface area contributed by atoms with Crippen LogP contribution >= 0.6 is 0 Å². The second-order valence-corrected chi connectivity index (χ2v) is 6.20. The molecule has 0 amide bonds. The predicted octanol–water partition coefficient (Wildman–Crippen LogP) is 0.511. The number of nitrogens with zero attached hydrogens (tertiary/aromatic N) is 1. The van der Waals surface area contributed by atoms with Crippen LogP contribution in [0.4, 0.5) is 0 Å². The lowest BCUT2D eigenvalue weighted by Crippen LogP contribution is -2.41. The molecule has 26 heavy (non-hydrogen) atoms. The summed E-state index contributed by atoms with van der Waals surface area (Å²) in [5, 5.41) is 0. The minimum atomic E-state index is -1.22. The van der Waals surface area contributed by atoms with Gasteiger partial charge in [0, 0.05) is 17.7 Å². The summed E-state index contributed by atoms with van der Waals surface area (Å²) in [7, 11) is 0. The van der Waals surface area contributed by atoms with E-state index in [1.165, 1.54) is 10.8 Å². The molecule has 1 fully saturated rings. The van der Waals surface area contributed by atoms with Gasteiger partial charge in [-0.25, -0.2) is 4.79 Å². The van der Waals surface area contributed by atoms with Crippen molar-refractivity contribution in [1.82, 2.24) is 9.55 Å². The van der Waals surface area contributed by atoms with Gasteiger partial charge >= 0.3 is 17.6 Å². The highest BCUT2D eigenvalue weighted by molar-refractivity contribution is 5.95. The molecular formula is C17H24N2O7. The van der Waals surface area contributed by atoms with Gasteiger partial charge in [-0.1, -0.05) is 0 Å². The van der Waals surface area contributed by atoms with Gasteiger partial charge in [0.15, 0.2) is 5.92 Å². The number of hydrogen-bond acceptors (Lipinski definition) is 7. The Morgan fingerprint density at radius 3 is 2.38 bits per heavy atom. The van der Waals surface area contributed by atoms with Gasteiger partial charge in [-0.05, 0) is 34.1 Å². The number of esters is 2. The topological polar surface area (TPSA) is 117 Å². The third-order valence-electron chi connectivity index (χ3n) is 4.27. The Labute approximate surface area is 150 Å². The van der Waals surface area contributed by atoms with Crippen LogP contribution in [0.3, 0.4) is 0 Å². The maximum atomic E-state index is 12.4. The third kappa shape index (κ3) is 4.04. The average molecular weight is 368 g/mol. The van der Waals surface area contributed by atoms with Gasteiger partial charge < -0.3 is 14.2 Å². The van der Waals surface area contributed by atoms with Crippen LogP contribution in [0.15, 0.2) is 15.8 Å². The van der Waals surface area contributed by atoms with E-state index >= 15 is 0 Å². The summed E-state index contributed by atoms with van der Waals surface area (Å²) >= 11 is 0. The zero-order chi connectivity index (χ0) is 19.4. The fourth-order valence-corrected chi connectivity index (χ4v) is 3.15. The first kappa shape index (κ1) is 19.9. The highest BCUT2D eigenvalue weighted by Gasteiger charge is 2.48. The summed E-state index contributed by atoms with van der Waals surface area (Å²) in [6.07, 6.45) is 0.532. The molecule has 1 N–H and O–H groups in total. The quantitative estimate of drug-likeness (QED) is 0.574. The standard InChI is InChI=1S/C17H24N2O7/c1-5-24-15(21)12(16(22)25-6-2)11-7-10(4)26-14(11)19-8-9(3)13(20)18-17(19)23/h8,10-12,14H,5-7H2,1-4H3,(H,18,20,23)/t10-,11+,14-/m1/s1. The van der Waals surface area contributed by atoms with Gasteiger partial charge in [0.25, 0.3) is 5.56 Å². The van der Waals surface area contributed by atoms with Crippen molar-refractivity contribution in [3.8, 4) is 0 Å². The van der Waals surface area contributed by atoms with E-state index in [9.17, 15) is 19.2 Å². The minimum absolute atomic E-state index is 0.111. The van der Waals surface area contributed by atoms with Crippen LogP contribution in [0.25, 0.3) is 0 Å². The van der Waals surface area contributed by atoms with Crippen molar-refractivity contribution in [2.75, 3.05) is 13.2 Å². The van der Waals surface area contributed by atoms with Crippen molar-refractivity contribution in [2.24, 2.45) is 11.8 Å². The fraction of sp³-hybridized carbons (Fsp3) is 0.647. The molecule has 0 unspecified atom stereocenters. The van der Waals surface area contributed by atoms with E-state index in [0.29, 0.717) is 12.0 Å². The Balaban J connectivity index is 2.47. The van der Waals surface area contributed by atoms with Crippen molar-refractivity contribution in [2.45, 2.75) is 46.4 Å². The molecule has 9 heteroatoms. The number of nitrogens with one attached hydrogen (secondary N) is 1. The summed E-state index contributed by atoms with van der Waals surface area (Å²) in [5.74, 6) is -3.31. The molecule has 9 nitrogen and oxygen atoms in total. The summed E-state index contributed by atoms with van der Waals surface area (Å²) < 4.78 is 17.1. The summed E-state index contributed by atoms with van der Waals surface area (Å²) in [5.41, 5.74) is -0.854. The van der Waals surface area contributed by atoms with Gasteiger partial charge in [-0.2, -0.15) is 0 Å². The van der Waals surface area contributed by atoms with E-state index in [1.54, 1.807) is 27.7 Å². The second-order valence-electron chi connectivity index (χ2n) is 6.20. The van der Waals surface area contributed by atoms with Crippen LogP contribution in [0.5, 0.6) is 0 Å². The fourth-order valence-electron chi connectivity index (χ4n) is 3.15. The summed E-state index contributed by atoms with van der Waals surface area (Å²) in [6, 6.07) is 0. The van der Waals surface area contributed by atoms with Crippen LogP contribution in [-0.4, -0.2) is 40.8 Å². The molecule has 0 aromatic carbocycles. The minimum Gasteiger partial charge on any atom is -0.465 e. The van der Waals surface area contributed by atoms with Crippen molar-refractivity contribution in [3.05, 3.63) is 32.6 Å². The molecule has 1 aliphatic heterocycles. The Hall–Kier alpha value is -2.42. The zero-order valence-electron chi connectivity index (χ0n) is 15.3. The first-order valence-corrected chi connectivity index (χ1v) is 8.60. The van der Waals surface area contributed by atoms with Gasteiger partial charge in [0.05, 0.1) is 19.3 Å². The number of aryl methyl sites for hydroxylation is 1. The monoisotopic (exact) mass is 368 g/mol. The van der Waals surface area contributed by atoms with E-state index in [-0.39, 0.29) is 19.3 Å². The largest absolute Gasteiger partial charge is 0.465 e.